The second kappa shape index (κ2) is 6.35. The lowest BCUT2D eigenvalue weighted by molar-refractivity contribution is -0.137. The highest BCUT2D eigenvalue weighted by atomic mass is 19.2. The van der Waals surface area contributed by atoms with E-state index in [1.54, 1.807) is 0 Å². The highest BCUT2D eigenvalue weighted by Crippen LogP contribution is 2.16. The van der Waals surface area contributed by atoms with Crippen LogP contribution in [0.2, 0.25) is 0 Å². The largest absolute Gasteiger partial charge is 0.480 e. The number of carbonyl (C=O) groups is 2. The van der Waals surface area contributed by atoms with Gasteiger partial charge in [-0.05, 0) is 12.1 Å². The first kappa shape index (κ1) is 14.4. The van der Waals surface area contributed by atoms with Crippen LogP contribution in [0, 0.1) is 24.0 Å². The fourth-order valence-corrected chi connectivity index (χ4v) is 1.27. The number of anilines is 1. The standard InChI is InChI=1S/C12H10F2N2O3/c1-2-6-16(7-10(17)18)12(19)15-9-5-3-4-8(13)11(9)14/h1,3-5H,6-7H2,(H,15,19)(H,17,18). The fraction of sp³-hybridized carbons (Fsp3) is 0.167. The summed E-state index contributed by atoms with van der Waals surface area (Å²) in [5.41, 5.74) is -0.391. The third-order valence-electron chi connectivity index (χ3n) is 2.09. The van der Waals surface area contributed by atoms with E-state index in [1.165, 1.54) is 6.07 Å². The molecule has 0 bridgehead atoms. The number of nitrogens with one attached hydrogen (secondary N) is 1. The Hall–Kier alpha value is -2.62. The van der Waals surface area contributed by atoms with Crippen molar-refractivity contribution >= 4 is 17.7 Å². The van der Waals surface area contributed by atoms with E-state index in [-0.39, 0.29) is 6.54 Å². The predicted octanol–water partition coefficient (Wildman–Crippen LogP) is 1.52. The molecule has 1 aromatic rings. The second-order valence-corrected chi connectivity index (χ2v) is 3.49. The number of hydrogen-bond acceptors (Lipinski definition) is 2. The Labute approximate surface area is 107 Å². The SMILES string of the molecule is C#CCN(CC(=O)O)C(=O)Nc1cccc(F)c1F. The highest BCUT2D eigenvalue weighted by Gasteiger charge is 2.18. The van der Waals surface area contributed by atoms with E-state index in [1.807, 2.05) is 0 Å². The van der Waals surface area contributed by atoms with Crippen LogP contribution in [0.15, 0.2) is 18.2 Å². The van der Waals surface area contributed by atoms with Gasteiger partial charge in [0.05, 0.1) is 12.2 Å². The number of carbonyl (C=O) groups excluding carboxylic acids is 1. The number of amides is 2. The Morgan fingerprint density at radius 1 is 1.42 bits per heavy atom. The smallest absolute Gasteiger partial charge is 0.323 e. The molecule has 19 heavy (non-hydrogen) atoms. The predicted molar refractivity (Wildman–Crippen MR) is 63.4 cm³/mol. The molecule has 0 atom stereocenters. The topological polar surface area (TPSA) is 69.6 Å². The van der Waals surface area contributed by atoms with E-state index in [4.69, 9.17) is 11.5 Å². The normalized spacial score (nSPS) is 9.53. The molecule has 1 rings (SSSR count). The molecule has 0 saturated carbocycles. The van der Waals surface area contributed by atoms with Gasteiger partial charge in [0, 0.05) is 0 Å². The molecule has 0 aliphatic carbocycles. The van der Waals surface area contributed by atoms with Crippen LogP contribution in [0.5, 0.6) is 0 Å². The second-order valence-electron chi connectivity index (χ2n) is 3.49. The molecule has 0 fully saturated rings. The summed E-state index contributed by atoms with van der Waals surface area (Å²) in [4.78, 5) is 23.0. The van der Waals surface area contributed by atoms with Crippen molar-refractivity contribution in [3.63, 3.8) is 0 Å². The van der Waals surface area contributed by atoms with Gasteiger partial charge in [0.15, 0.2) is 11.6 Å². The minimum Gasteiger partial charge on any atom is -0.480 e. The van der Waals surface area contributed by atoms with Crippen molar-refractivity contribution < 1.29 is 23.5 Å². The van der Waals surface area contributed by atoms with E-state index >= 15 is 0 Å². The molecule has 1 aromatic carbocycles. The minimum atomic E-state index is -1.27. The molecule has 0 aromatic heterocycles. The molecule has 0 heterocycles. The van der Waals surface area contributed by atoms with Crippen molar-refractivity contribution in [3.05, 3.63) is 29.8 Å². The van der Waals surface area contributed by atoms with E-state index in [9.17, 15) is 18.4 Å². The van der Waals surface area contributed by atoms with Gasteiger partial charge in [0.1, 0.15) is 6.54 Å². The van der Waals surface area contributed by atoms with Gasteiger partial charge in [0.2, 0.25) is 0 Å². The summed E-state index contributed by atoms with van der Waals surface area (Å²) in [5.74, 6) is -1.53. The zero-order valence-corrected chi connectivity index (χ0v) is 9.69. The Morgan fingerprint density at radius 3 is 2.68 bits per heavy atom. The van der Waals surface area contributed by atoms with Crippen LogP contribution in [0.25, 0.3) is 0 Å². The van der Waals surface area contributed by atoms with Crippen molar-refractivity contribution in [2.24, 2.45) is 0 Å². The van der Waals surface area contributed by atoms with Crippen molar-refractivity contribution in [1.82, 2.24) is 4.90 Å². The summed E-state index contributed by atoms with van der Waals surface area (Å²) < 4.78 is 26.2. The molecule has 0 spiro atoms. The van der Waals surface area contributed by atoms with Gasteiger partial charge in [-0.25, -0.2) is 13.6 Å². The Morgan fingerprint density at radius 2 is 2.11 bits per heavy atom. The first-order valence-electron chi connectivity index (χ1n) is 5.11. The molecular weight excluding hydrogens is 258 g/mol. The summed E-state index contributed by atoms with van der Waals surface area (Å²) in [5, 5.41) is 10.7. The molecule has 0 aliphatic heterocycles. The van der Waals surface area contributed by atoms with E-state index in [2.05, 4.69) is 11.2 Å². The van der Waals surface area contributed by atoms with Crippen LogP contribution in [-0.4, -0.2) is 35.1 Å². The van der Waals surface area contributed by atoms with Gasteiger partial charge in [-0.15, -0.1) is 6.42 Å². The molecule has 7 heteroatoms. The van der Waals surface area contributed by atoms with Crippen LogP contribution in [-0.2, 0) is 4.79 Å². The molecule has 0 saturated heterocycles. The highest BCUT2D eigenvalue weighted by molar-refractivity contribution is 5.91. The number of hydrogen-bond donors (Lipinski definition) is 2. The Bertz CT molecular complexity index is 540. The van der Waals surface area contributed by atoms with Gasteiger partial charge >= 0.3 is 12.0 Å². The number of nitrogens with zero attached hydrogens (tertiary/aromatic N) is 1. The van der Waals surface area contributed by atoms with Crippen molar-refractivity contribution in [2.45, 2.75) is 0 Å². The first-order valence-corrected chi connectivity index (χ1v) is 5.11. The average molecular weight is 268 g/mol. The maximum absolute atomic E-state index is 13.3. The molecule has 2 N–H and O–H groups in total. The number of terminal acetylenes is 1. The number of carboxylic acid groups (broad SMARTS) is 1. The van der Waals surface area contributed by atoms with Gasteiger partial charge in [-0.3, -0.25) is 4.79 Å². The quantitative estimate of drug-likeness (QED) is 0.813. The van der Waals surface area contributed by atoms with Crippen LogP contribution >= 0.6 is 0 Å². The summed E-state index contributed by atoms with van der Waals surface area (Å²) in [6.45, 7) is -0.915. The van der Waals surface area contributed by atoms with Crippen LogP contribution in [0.3, 0.4) is 0 Å². The van der Waals surface area contributed by atoms with Crippen molar-refractivity contribution in [1.29, 1.82) is 0 Å². The lowest BCUT2D eigenvalue weighted by Gasteiger charge is -2.18. The number of urea groups is 1. The first-order chi connectivity index (χ1) is 8.95. The average Bonchev–Trinajstić information content (AvgIpc) is 2.34. The van der Waals surface area contributed by atoms with E-state index < -0.39 is 35.9 Å². The molecule has 0 aliphatic rings. The Balaban J connectivity index is 2.84. The molecule has 5 nitrogen and oxygen atoms in total. The Kier molecular flexibility index (Phi) is 4.83. The fourth-order valence-electron chi connectivity index (χ4n) is 1.27. The summed E-state index contributed by atoms with van der Waals surface area (Å²) >= 11 is 0. The molecule has 0 unspecified atom stereocenters. The lowest BCUT2D eigenvalue weighted by atomic mass is 10.3. The van der Waals surface area contributed by atoms with Crippen LogP contribution in [0.4, 0.5) is 19.3 Å². The van der Waals surface area contributed by atoms with Crippen molar-refractivity contribution in [2.75, 3.05) is 18.4 Å². The third-order valence-corrected chi connectivity index (χ3v) is 2.09. The lowest BCUT2D eigenvalue weighted by Crippen LogP contribution is -2.39. The molecule has 2 amide bonds. The van der Waals surface area contributed by atoms with Crippen LogP contribution in [0.1, 0.15) is 0 Å². The number of benzene rings is 1. The minimum absolute atomic E-state index is 0.269. The summed E-state index contributed by atoms with van der Waals surface area (Å²) in [6, 6.07) is 2.31. The van der Waals surface area contributed by atoms with Gasteiger partial charge in [-0.1, -0.05) is 12.0 Å². The zero-order chi connectivity index (χ0) is 14.4. The number of halogens is 2. The summed E-state index contributed by atoms with van der Waals surface area (Å²) in [6.07, 6.45) is 4.99. The van der Waals surface area contributed by atoms with Crippen molar-refractivity contribution in [3.8, 4) is 12.3 Å². The monoisotopic (exact) mass is 268 g/mol. The molecule has 100 valence electrons. The van der Waals surface area contributed by atoms with Gasteiger partial charge < -0.3 is 15.3 Å². The van der Waals surface area contributed by atoms with E-state index in [0.29, 0.717) is 0 Å². The summed E-state index contributed by atoms with van der Waals surface area (Å²) in [7, 11) is 0. The van der Waals surface area contributed by atoms with Crippen LogP contribution < -0.4 is 5.32 Å². The molecule has 0 radical (unpaired) electrons. The molecular formula is C12H10F2N2O3. The maximum Gasteiger partial charge on any atom is 0.323 e. The van der Waals surface area contributed by atoms with Gasteiger partial charge in [-0.2, -0.15) is 0 Å². The maximum atomic E-state index is 13.3. The third kappa shape index (κ3) is 3.96. The number of aliphatic carboxylic acids is 1. The number of carboxylic acids is 1. The van der Waals surface area contributed by atoms with E-state index in [0.717, 1.165) is 17.0 Å². The zero-order valence-electron chi connectivity index (χ0n) is 9.69. The number of rotatable bonds is 4. The van der Waals surface area contributed by atoms with Gasteiger partial charge in [0.25, 0.3) is 0 Å².